The van der Waals surface area contributed by atoms with Gasteiger partial charge < -0.3 is 10.1 Å². The van der Waals surface area contributed by atoms with Crippen molar-refractivity contribution in [3.05, 3.63) is 66.2 Å². The Morgan fingerprint density at radius 2 is 1.65 bits per heavy atom. The van der Waals surface area contributed by atoms with Crippen molar-refractivity contribution in [2.45, 2.75) is 31.8 Å². The molecule has 1 heterocycles. The number of rotatable bonds is 10. The summed E-state index contributed by atoms with van der Waals surface area (Å²) in [7, 11) is -3.57. The van der Waals surface area contributed by atoms with E-state index in [0.29, 0.717) is 44.4 Å². The molecule has 1 aliphatic heterocycles. The molecule has 1 amide bonds. The second-order valence-electron chi connectivity index (χ2n) is 8.89. The Balaban J connectivity index is 1.50. The smallest absolute Gasteiger partial charge is 0.260 e. The third-order valence-corrected chi connectivity index (χ3v) is 7.55. The van der Waals surface area contributed by atoms with Crippen molar-refractivity contribution in [2.24, 2.45) is 5.92 Å². The minimum absolute atomic E-state index is 0.193. The number of sulfonamides is 1. The van der Waals surface area contributed by atoms with Crippen molar-refractivity contribution in [1.29, 1.82) is 0 Å². The average Bonchev–Trinajstić information content (AvgIpc) is 2.84. The summed E-state index contributed by atoms with van der Waals surface area (Å²) < 4.78 is 33.3. The van der Waals surface area contributed by atoms with Crippen LogP contribution in [0.3, 0.4) is 0 Å². The van der Waals surface area contributed by atoms with Gasteiger partial charge in [0.05, 0.1) is 4.90 Å². The highest BCUT2D eigenvalue weighted by Crippen LogP contribution is 2.21. The molecule has 1 fully saturated rings. The van der Waals surface area contributed by atoms with Gasteiger partial charge >= 0.3 is 0 Å². The van der Waals surface area contributed by atoms with E-state index in [9.17, 15) is 13.2 Å². The van der Waals surface area contributed by atoms with Gasteiger partial charge in [-0.05, 0) is 42.7 Å². The van der Waals surface area contributed by atoms with E-state index >= 15 is 0 Å². The molecule has 1 saturated heterocycles. The zero-order valence-corrected chi connectivity index (χ0v) is 21.0. The molecular formula is C26H35N3O4S. The number of benzene rings is 2. The van der Waals surface area contributed by atoms with Crippen molar-refractivity contribution in [3.63, 3.8) is 0 Å². The first-order valence-electron chi connectivity index (χ1n) is 11.7. The first kappa shape index (κ1) is 25.9. The maximum Gasteiger partial charge on any atom is 0.260 e. The molecule has 1 atom stereocenters. The van der Waals surface area contributed by atoms with Crippen LogP contribution in [0.4, 0.5) is 0 Å². The highest BCUT2D eigenvalue weighted by atomic mass is 32.2. The van der Waals surface area contributed by atoms with Gasteiger partial charge in [0.15, 0.2) is 6.10 Å². The van der Waals surface area contributed by atoms with Crippen LogP contribution < -0.4 is 10.1 Å². The molecule has 1 aliphatic rings. The average molecular weight is 486 g/mol. The summed E-state index contributed by atoms with van der Waals surface area (Å²) >= 11 is 0. The van der Waals surface area contributed by atoms with E-state index in [-0.39, 0.29) is 10.8 Å². The number of nitrogens with one attached hydrogen (secondary N) is 1. The molecule has 34 heavy (non-hydrogen) atoms. The van der Waals surface area contributed by atoms with Crippen LogP contribution >= 0.6 is 0 Å². The fourth-order valence-electron chi connectivity index (χ4n) is 3.60. The second-order valence-corrected chi connectivity index (χ2v) is 10.8. The van der Waals surface area contributed by atoms with Gasteiger partial charge in [0, 0.05) is 39.3 Å². The highest BCUT2D eigenvalue weighted by molar-refractivity contribution is 7.89. The van der Waals surface area contributed by atoms with Gasteiger partial charge in [-0.1, -0.05) is 56.3 Å². The Hall–Kier alpha value is -2.68. The SMILES string of the molecule is CC(C)CNC(=O)[C@@H](C)Oc1ccc(S(=O)(=O)N2CCN(C/C=C/c3ccccc3)CC2)cc1. The van der Waals surface area contributed by atoms with E-state index in [2.05, 4.69) is 34.5 Å². The quantitative estimate of drug-likeness (QED) is 0.559. The molecule has 8 heteroatoms. The predicted octanol–water partition coefficient (Wildman–Crippen LogP) is 3.25. The first-order valence-corrected chi connectivity index (χ1v) is 13.2. The molecule has 0 aliphatic carbocycles. The van der Waals surface area contributed by atoms with E-state index in [1.807, 2.05) is 32.0 Å². The Bertz CT molecular complexity index is 1050. The molecule has 0 aromatic heterocycles. The summed E-state index contributed by atoms with van der Waals surface area (Å²) in [6.45, 7) is 9.36. The standard InChI is InChI=1S/C26H35N3O4S/c1-21(2)20-27-26(30)22(3)33-24-11-13-25(14-12-24)34(31,32)29-18-16-28(17-19-29)15-7-10-23-8-5-4-6-9-23/h4-14,21-22H,15-20H2,1-3H3,(H,27,30)/b10-7+/t22-/m1/s1. The van der Waals surface area contributed by atoms with Gasteiger partial charge in [-0.2, -0.15) is 4.31 Å². The predicted molar refractivity (Wildman–Crippen MR) is 135 cm³/mol. The van der Waals surface area contributed by atoms with Crippen molar-refractivity contribution >= 4 is 22.0 Å². The van der Waals surface area contributed by atoms with Crippen molar-refractivity contribution in [2.75, 3.05) is 39.3 Å². The number of nitrogens with zero attached hydrogens (tertiary/aromatic N) is 2. The lowest BCUT2D eigenvalue weighted by Gasteiger charge is -2.33. The van der Waals surface area contributed by atoms with Crippen molar-refractivity contribution in [3.8, 4) is 5.75 Å². The molecule has 2 aromatic rings. The molecule has 0 radical (unpaired) electrons. The van der Waals surface area contributed by atoms with Gasteiger partial charge in [-0.15, -0.1) is 0 Å². The number of carbonyl (C=O) groups is 1. The second kappa shape index (κ2) is 12.1. The molecule has 0 spiro atoms. The summed E-state index contributed by atoms with van der Waals surface area (Å²) in [5, 5.41) is 2.83. The third-order valence-electron chi connectivity index (χ3n) is 5.63. The Kier molecular flexibility index (Phi) is 9.27. The molecule has 1 N–H and O–H groups in total. The Morgan fingerprint density at radius 3 is 2.26 bits per heavy atom. The summed E-state index contributed by atoms with van der Waals surface area (Å²) in [5.74, 6) is 0.622. The zero-order valence-electron chi connectivity index (χ0n) is 20.2. The summed E-state index contributed by atoms with van der Waals surface area (Å²) in [6.07, 6.45) is 3.54. The van der Waals surface area contributed by atoms with E-state index in [1.54, 1.807) is 31.2 Å². The van der Waals surface area contributed by atoms with E-state index in [4.69, 9.17) is 4.74 Å². The first-order chi connectivity index (χ1) is 16.3. The van der Waals surface area contributed by atoms with Gasteiger partial charge in [0.25, 0.3) is 5.91 Å². The molecular weight excluding hydrogens is 450 g/mol. The molecule has 0 saturated carbocycles. The van der Waals surface area contributed by atoms with Crippen LogP contribution in [0.25, 0.3) is 6.08 Å². The van der Waals surface area contributed by atoms with Crippen LogP contribution in [0.2, 0.25) is 0 Å². The van der Waals surface area contributed by atoms with Crippen LogP contribution in [0.5, 0.6) is 5.75 Å². The van der Waals surface area contributed by atoms with E-state index < -0.39 is 16.1 Å². The van der Waals surface area contributed by atoms with Crippen LogP contribution in [0.1, 0.15) is 26.3 Å². The van der Waals surface area contributed by atoms with E-state index in [1.165, 1.54) is 4.31 Å². The van der Waals surface area contributed by atoms with Gasteiger partial charge in [0.1, 0.15) is 5.75 Å². The van der Waals surface area contributed by atoms with Crippen LogP contribution in [-0.4, -0.2) is 68.9 Å². The summed E-state index contributed by atoms with van der Waals surface area (Å²) in [6, 6.07) is 16.4. The summed E-state index contributed by atoms with van der Waals surface area (Å²) in [5.41, 5.74) is 1.15. The normalized spacial score (nSPS) is 16.6. The van der Waals surface area contributed by atoms with Crippen LogP contribution in [0.15, 0.2) is 65.6 Å². The number of amides is 1. The van der Waals surface area contributed by atoms with Crippen molar-refractivity contribution < 1.29 is 17.9 Å². The molecule has 184 valence electrons. The minimum atomic E-state index is -3.57. The number of hydrogen-bond donors (Lipinski definition) is 1. The minimum Gasteiger partial charge on any atom is -0.481 e. The largest absolute Gasteiger partial charge is 0.481 e. The fraction of sp³-hybridized carbons (Fsp3) is 0.423. The molecule has 2 aromatic carbocycles. The van der Waals surface area contributed by atoms with Gasteiger partial charge in [-0.25, -0.2) is 8.42 Å². The fourth-order valence-corrected chi connectivity index (χ4v) is 5.02. The van der Waals surface area contributed by atoms with Gasteiger partial charge in [0.2, 0.25) is 10.0 Å². The monoisotopic (exact) mass is 485 g/mol. The lowest BCUT2D eigenvalue weighted by Crippen LogP contribution is -2.48. The summed E-state index contributed by atoms with van der Waals surface area (Å²) in [4.78, 5) is 14.6. The number of piperazine rings is 1. The number of hydrogen-bond acceptors (Lipinski definition) is 5. The Morgan fingerprint density at radius 1 is 1.00 bits per heavy atom. The molecule has 3 rings (SSSR count). The third kappa shape index (κ3) is 7.41. The Labute approximate surface area is 203 Å². The zero-order chi connectivity index (χ0) is 24.6. The van der Waals surface area contributed by atoms with Gasteiger partial charge in [-0.3, -0.25) is 9.69 Å². The maximum atomic E-state index is 13.1. The van der Waals surface area contributed by atoms with Crippen LogP contribution in [-0.2, 0) is 14.8 Å². The lowest BCUT2D eigenvalue weighted by atomic mass is 10.2. The molecule has 7 nitrogen and oxygen atoms in total. The number of ether oxygens (including phenoxy) is 1. The topological polar surface area (TPSA) is 78.9 Å². The van der Waals surface area contributed by atoms with Crippen LogP contribution in [0, 0.1) is 5.92 Å². The highest BCUT2D eigenvalue weighted by Gasteiger charge is 2.28. The van der Waals surface area contributed by atoms with E-state index in [0.717, 1.165) is 12.1 Å². The maximum absolute atomic E-state index is 13.1. The van der Waals surface area contributed by atoms with Crippen molar-refractivity contribution in [1.82, 2.24) is 14.5 Å². The molecule has 0 bridgehead atoms. The lowest BCUT2D eigenvalue weighted by molar-refractivity contribution is -0.127. The molecule has 0 unspecified atom stereocenters. The number of carbonyl (C=O) groups excluding carboxylic acids is 1.